The number of hydrogen-bond acceptors (Lipinski definition) is 6. The minimum atomic E-state index is -0.530. The SMILES string of the molecule is CN=C(C=C(N)C(=N)c1cc(OC2(C)CC2)c(F)cc1N)N1CCN(C)CC1. The highest BCUT2D eigenvalue weighted by atomic mass is 19.1. The Balaban J connectivity index is 1.81. The van der Waals surface area contributed by atoms with Crippen molar-refractivity contribution in [3.8, 4) is 5.75 Å². The van der Waals surface area contributed by atoms with Gasteiger partial charge in [-0.05, 0) is 32.9 Å². The summed E-state index contributed by atoms with van der Waals surface area (Å²) in [6.45, 7) is 5.50. The number of anilines is 1. The molecule has 0 amide bonds. The van der Waals surface area contributed by atoms with Crippen molar-refractivity contribution < 1.29 is 9.13 Å². The molecule has 0 bridgehead atoms. The normalized spacial score (nSPS) is 20.2. The van der Waals surface area contributed by atoms with Gasteiger partial charge in [0.25, 0.3) is 0 Å². The number of hydrogen-bond donors (Lipinski definition) is 3. The van der Waals surface area contributed by atoms with Crippen LogP contribution in [0.3, 0.4) is 0 Å². The monoisotopic (exact) mass is 388 g/mol. The summed E-state index contributed by atoms with van der Waals surface area (Å²) in [6, 6.07) is 2.66. The number of allylic oxidation sites excluding steroid dienone is 1. The van der Waals surface area contributed by atoms with Gasteiger partial charge in [0.1, 0.15) is 11.4 Å². The van der Waals surface area contributed by atoms with E-state index in [-0.39, 0.29) is 28.4 Å². The van der Waals surface area contributed by atoms with Crippen LogP contribution in [0, 0.1) is 11.2 Å². The van der Waals surface area contributed by atoms with E-state index in [0.717, 1.165) is 44.9 Å². The van der Waals surface area contributed by atoms with Crippen LogP contribution in [-0.4, -0.2) is 67.2 Å². The average Bonchev–Trinajstić information content (AvgIpc) is 3.39. The van der Waals surface area contributed by atoms with E-state index in [2.05, 4.69) is 21.8 Å². The Morgan fingerprint density at radius 3 is 2.50 bits per heavy atom. The molecule has 0 aromatic heterocycles. The van der Waals surface area contributed by atoms with Crippen molar-refractivity contribution in [2.45, 2.75) is 25.4 Å². The first-order valence-corrected chi connectivity index (χ1v) is 9.47. The molecule has 0 unspecified atom stereocenters. The predicted octanol–water partition coefficient (Wildman–Crippen LogP) is 1.83. The minimum absolute atomic E-state index is 0.0265. The first-order valence-electron chi connectivity index (χ1n) is 9.47. The lowest BCUT2D eigenvalue weighted by Crippen LogP contribution is -2.47. The molecule has 1 aliphatic heterocycles. The number of nitrogens with two attached hydrogens (primary N) is 2. The molecule has 1 aromatic rings. The van der Waals surface area contributed by atoms with E-state index in [4.69, 9.17) is 21.6 Å². The van der Waals surface area contributed by atoms with Crippen molar-refractivity contribution >= 4 is 17.2 Å². The number of benzene rings is 1. The van der Waals surface area contributed by atoms with Gasteiger partial charge in [0.15, 0.2) is 11.6 Å². The molecule has 5 N–H and O–H groups in total. The van der Waals surface area contributed by atoms with Crippen LogP contribution >= 0.6 is 0 Å². The first-order chi connectivity index (χ1) is 13.2. The number of rotatable bonds is 5. The Labute approximate surface area is 165 Å². The number of aliphatic imine (C=N–C) groups is 1. The molecule has 1 aromatic carbocycles. The molecule has 1 saturated carbocycles. The largest absolute Gasteiger partial charge is 0.484 e. The number of halogens is 1. The molecule has 1 heterocycles. The molecule has 2 fully saturated rings. The van der Waals surface area contributed by atoms with Crippen LogP contribution in [0.25, 0.3) is 0 Å². The maximum Gasteiger partial charge on any atom is 0.167 e. The van der Waals surface area contributed by atoms with Crippen LogP contribution in [0.2, 0.25) is 0 Å². The number of likely N-dealkylation sites (N-methyl/N-ethyl adjacent to an activating group) is 1. The van der Waals surface area contributed by atoms with Gasteiger partial charge in [0, 0.05) is 56.6 Å². The third-order valence-electron chi connectivity index (χ3n) is 5.31. The summed E-state index contributed by atoms with van der Waals surface area (Å²) in [5, 5.41) is 8.47. The van der Waals surface area contributed by atoms with Gasteiger partial charge >= 0.3 is 0 Å². The fourth-order valence-corrected chi connectivity index (χ4v) is 3.11. The van der Waals surface area contributed by atoms with Crippen LogP contribution in [0.5, 0.6) is 5.75 Å². The molecule has 3 rings (SSSR count). The second-order valence-electron chi connectivity index (χ2n) is 7.77. The number of piperazine rings is 1. The van der Waals surface area contributed by atoms with E-state index < -0.39 is 5.82 Å². The smallest absolute Gasteiger partial charge is 0.167 e. The quantitative estimate of drug-likeness (QED) is 0.406. The highest BCUT2D eigenvalue weighted by molar-refractivity contribution is 6.15. The van der Waals surface area contributed by atoms with Gasteiger partial charge in [-0.15, -0.1) is 0 Å². The molecule has 0 radical (unpaired) electrons. The standard InChI is InChI=1S/C20H29FN6O/c1-20(4-5-20)28-17-10-13(15(22)11-14(17)21)19(24)16(23)12-18(25-2)27-8-6-26(3)7-9-27/h10-12,24H,4-9,22-23H2,1-3H3. The Bertz CT molecular complexity index is 822. The van der Waals surface area contributed by atoms with Gasteiger partial charge < -0.3 is 26.0 Å². The second-order valence-corrected chi connectivity index (χ2v) is 7.77. The Morgan fingerprint density at radius 2 is 1.93 bits per heavy atom. The first kappa shape index (κ1) is 20.1. The number of amidine groups is 1. The number of nitrogens with zero attached hydrogens (tertiary/aromatic N) is 3. The molecule has 152 valence electrons. The topological polar surface area (TPSA) is 104 Å². The maximum atomic E-state index is 14.2. The molecular weight excluding hydrogens is 359 g/mol. The lowest BCUT2D eigenvalue weighted by Gasteiger charge is -2.33. The number of ether oxygens (including phenoxy) is 1. The summed E-state index contributed by atoms with van der Waals surface area (Å²) < 4.78 is 20.0. The van der Waals surface area contributed by atoms with Gasteiger partial charge in [-0.25, -0.2) is 4.39 Å². The molecular formula is C20H29FN6O. The van der Waals surface area contributed by atoms with Crippen LogP contribution < -0.4 is 16.2 Å². The van der Waals surface area contributed by atoms with Gasteiger partial charge in [0.2, 0.25) is 0 Å². The molecule has 0 atom stereocenters. The van der Waals surface area contributed by atoms with E-state index in [1.807, 2.05) is 6.92 Å². The highest BCUT2D eigenvalue weighted by Gasteiger charge is 2.40. The number of nitrogen functional groups attached to an aromatic ring is 1. The van der Waals surface area contributed by atoms with Gasteiger partial charge in [-0.1, -0.05) is 0 Å². The Kier molecular flexibility index (Phi) is 5.60. The van der Waals surface area contributed by atoms with E-state index in [1.165, 1.54) is 12.1 Å². The fraction of sp³-hybridized carbons (Fsp3) is 0.500. The molecule has 2 aliphatic rings. The van der Waals surface area contributed by atoms with Gasteiger partial charge in [0.05, 0.1) is 11.4 Å². The Hall–Kier alpha value is -2.61. The number of nitrogens with one attached hydrogen (secondary N) is 1. The van der Waals surface area contributed by atoms with Crippen molar-refractivity contribution in [3.63, 3.8) is 0 Å². The van der Waals surface area contributed by atoms with Gasteiger partial charge in [-0.2, -0.15) is 0 Å². The zero-order valence-corrected chi connectivity index (χ0v) is 16.8. The summed E-state index contributed by atoms with van der Waals surface area (Å²) in [5.74, 6) is 0.293. The summed E-state index contributed by atoms with van der Waals surface area (Å²) in [6.07, 6.45) is 3.44. The summed E-state index contributed by atoms with van der Waals surface area (Å²) in [4.78, 5) is 8.70. The van der Waals surface area contributed by atoms with E-state index in [9.17, 15) is 4.39 Å². The lowest BCUT2D eigenvalue weighted by atomic mass is 10.0. The zero-order valence-electron chi connectivity index (χ0n) is 16.8. The van der Waals surface area contributed by atoms with Crippen LogP contribution in [-0.2, 0) is 0 Å². The van der Waals surface area contributed by atoms with Crippen molar-refractivity contribution in [1.29, 1.82) is 5.41 Å². The Morgan fingerprint density at radius 1 is 1.29 bits per heavy atom. The maximum absolute atomic E-state index is 14.2. The summed E-state index contributed by atoms with van der Waals surface area (Å²) in [7, 11) is 3.79. The molecule has 8 heteroatoms. The second kappa shape index (κ2) is 7.79. The predicted molar refractivity (Wildman–Crippen MR) is 111 cm³/mol. The van der Waals surface area contributed by atoms with Crippen LogP contribution in [0.1, 0.15) is 25.3 Å². The lowest BCUT2D eigenvalue weighted by molar-refractivity contribution is 0.191. The third kappa shape index (κ3) is 4.44. The van der Waals surface area contributed by atoms with Crippen molar-refractivity contribution in [2.75, 3.05) is 46.0 Å². The molecule has 7 nitrogen and oxygen atoms in total. The minimum Gasteiger partial charge on any atom is -0.484 e. The fourth-order valence-electron chi connectivity index (χ4n) is 3.11. The molecule has 1 saturated heterocycles. The summed E-state index contributed by atoms with van der Waals surface area (Å²) >= 11 is 0. The van der Waals surface area contributed by atoms with E-state index >= 15 is 0 Å². The van der Waals surface area contributed by atoms with Crippen LogP contribution in [0.15, 0.2) is 28.9 Å². The van der Waals surface area contributed by atoms with Crippen molar-refractivity contribution in [3.05, 3.63) is 35.3 Å². The zero-order chi connectivity index (χ0) is 20.5. The average molecular weight is 388 g/mol. The summed E-state index contributed by atoms with van der Waals surface area (Å²) in [5.41, 5.74) is 12.6. The van der Waals surface area contributed by atoms with Crippen molar-refractivity contribution in [1.82, 2.24) is 9.80 Å². The van der Waals surface area contributed by atoms with Gasteiger partial charge in [-0.3, -0.25) is 10.4 Å². The van der Waals surface area contributed by atoms with Crippen molar-refractivity contribution in [2.24, 2.45) is 10.7 Å². The third-order valence-corrected chi connectivity index (χ3v) is 5.31. The molecule has 28 heavy (non-hydrogen) atoms. The molecule has 1 aliphatic carbocycles. The van der Waals surface area contributed by atoms with Crippen LogP contribution in [0.4, 0.5) is 10.1 Å². The molecule has 0 spiro atoms. The van der Waals surface area contributed by atoms with E-state index in [0.29, 0.717) is 5.56 Å². The highest BCUT2D eigenvalue weighted by Crippen LogP contribution is 2.41. The van der Waals surface area contributed by atoms with E-state index in [1.54, 1.807) is 13.1 Å².